The van der Waals surface area contributed by atoms with Crippen LogP contribution in [0.15, 0.2) is 23.2 Å². The van der Waals surface area contributed by atoms with Crippen LogP contribution in [0.4, 0.5) is 0 Å². The molecule has 1 heterocycles. The summed E-state index contributed by atoms with van der Waals surface area (Å²) < 4.78 is 34.6. The van der Waals surface area contributed by atoms with Gasteiger partial charge in [0.2, 0.25) is 0 Å². The van der Waals surface area contributed by atoms with E-state index in [9.17, 15) is 8.42 Å². The molecule has 0 radical (unpaired) electrons. The molecule has 1 fully saturated rings. The molecule has 1 aliphatic heterocycles. The van der Waals surface area contributed by atoms with Crippen LogP contribution in [0.3, 0.4) is 0 Å². The highest BCUT2D eigenvalue weighted by molar-refractivity contribution is 7.92. The number of guanidine groups is 1. The Balaban J connectivity index is 2.00. The Morgan fingerprint density at radius 1 is 1.21 bits per heavy atom. The van der Waals surface area contributed by atoms with E-state index in [-0.39, 0.29) is 5.75 Å². The normalized spacial score (nSPS) is 18.3. The first-order valence-corrected chi connectivity index (χ1v) is 11.2. The summed E-state index contributed by atoms with van der Waals surface area (Å²) in [6, 6.07) is 5.96. The standard InChI is InChI=1S/C20H33N3O4S/c1-20(2,3)28(24,25)10-8-22-19(21-4)23-9-7-15(14-23)16-11-17(26-5)13-18(12-16)27-6/h11-13,15H,7-10,14H2,1-6H3,(H,21,22). The van der Waals surface area contributed by atoms with Crippen LogP contribution in [0.1, 0.15) is 38.7 Å². The highest BCUT2D eigenvalue weighted by atomic mass is 32.2. The minimum absolute atomic E-state index is 0.0832. The second-order valence-corrected chi connectivity index (χ2v) is 10.8. The van der Waals surface area contributed by atoms with Gasteiger partial charge in [0.15, 0.2) is 15.8 Å². The number of nitrogens with zero attached hydrogens (tertiary/aromatic N) is 2. The van der Waals surface area contributed by atoms with Gasteiger partial charge >= 0.3 is 0 Å². The lowest BCUT2D eigenvalue weighted by atomic mass is 9.98. The molecule has 0 amide bonds. The molecule has 0 bridgehead atoms. The maximum atomic E-state index is 12.3. The van der Waals surface area contributed by atoms with Crippen molar-refractivity contribution in [2.45, 2.75) is 37.9 Å². The van der Waals surface area contributed by atoms with E-state index < -0.39 is 14.6 Å². The molecule has 0 aromatic heterocycles. The molecule has 1 atom stereocenters. The summed E-state index contributed by atoms with van der Waals surface area (Å²) >= 11 is 0. The highest BCUT2D eigenvalue weighted by Gasteiger charge is 2.30. The van der Waals surface area contributed by atoms with Gasteiger partial charge in [-0.1, -0.05) is 0 Å². The van der Waals surface area contributed by atoms with Crippen LogP contribution in [-0.2, 0) is 9.84 Å². The lowest BCUT2D eigenvalue weighted by Gasteiger charge is -2.23. The second-order valence-electron chi connectivity index (χ2n) is 7.98. The third kappa shape index (κ3) is 5.31. The molecule has 1 N–H and O–H groups in total. The number of hydrogen-bond acceptors (Lipinski definition) is 5. The van der Waals surface area contributed by atoms with Gasteiger partial charge in [0.25, 0.3) is 0 Å². The third-order valence-corrected chi connectivity index (χ3v) is 7.74. The first-order valence-electron chi connectivity index (χ1n) is 9.52. The number of nitrogens with one attached hydrogen (secondary N) is 1. The van der Waals surface area contributed by atoms with Crippen molar-refractivity contribution in [3.05, 3.63) is 23.8 Å². The number of ether oxygens (including phenoxy) is 2. The number of hydrogen-bond donors (Lipinski definition) is 1. The van der Waals surface area contributed by atoms with Gasteiger partial charge in [-0.15, -0.1) is 0 Å². The zero-order valence-corrected chi connectivity index (χ0v) is 18.6. The molecule has 0 saturated carbocycles. The SMILES string of the molecule is CN=C(NCCS(=O)(=O)C(C)(C)C)N1CCC(c2cc(OC)cc(OC)c2)C1. The molecular formula is C20H33N3O4S. The highest BCUT2D eigenvalue weighted by Crippen LogP contribution is 2.32. The first kappa shape index (κ1) is 22.3. The lowest BCUT2D eigenvalue weighted by molar-refractivity contribution is 0.392. The Bertz CT molecular complexity index is 778. The van der Waals surface area contributed by atoms with Crippen LogP contribution < -0.4 is 14.8 Å². The lowest BCUT2D eigenvalue weighted by Crippen LogP contribution is -2.43. The van der Waals surface area contributed by atoms with Gasteiger partial charge in [0.05, 0.1) is 24.7 Å². The molecular weight excluding hydrogens is 378 g/mol. The molecule has 0 spiro atoms. The summed E-state index contributed by atoms with van der Waals surface area (Å²) in [7, 11) is 1.87. The summed E-state index contributed by atoms with van der Waals surface area (Å²) in [4.78, 5) is 6.50. The van der Waals surface area contributed by atoms with E-state index in [2.05, 4.69) is 15.2 Å². The van der Waals surface area contributed by atoms with Gasteiger partial charge in [-0.2, -0.15) is 0 Å². The fourth-order valence-electron chi connectivity index (χ4n) is 3.23. The summed E-state index contributed by atoms with van der Waals surface area (Å²) in [5.74, 6) is 2.72. The van der Waals surface area contributed by atoms with E-state index >= 15 is 0 Å². The first-order chi connectivity index (χ1) is 13.1. The molecule has 1 aromatic carbocycles. The van der Waals surface area contributed by atoms with Crippen LogP contribution in [0.2, 0.25) is 0 Å². The average molecular weight is 412 g/mol. The fraction of sp³-hybridized carbons (Fsp3) is 0.650. The van der Waals surface area contributed by atoms with Crippen LogP contribution in [0.5, 0.6) is 11.5 Å². The minimum Gasteiger partial charge on any atom is -0.497 e. The Hall–Kier alpha value is -1.96. The molecule has 8 heteroatoms. The van der Waals surface area contributed by atoms with Crippen molar-refractivity contribution in [1.82, 2.24) is 10.2 Å². The second kappa shape index (κ2) is 9.03. The predicted octanol–water partition coefficient (Wildman–Crippen LogP) is 2.28. The van der Waals surface area contributed by atoms with Gasteiger partial charge in [0.1, 0.15) is 11.5 Å². The number of methoxy groups -OCH3 is 2. The Morgan fingerprint density at radius 2 is 1.82 bits per heavy atom. The van der Waals surface area contributed by atoms with Gasteiger partial charge in [-0.25, -0.2) is 8.42 Å². The molecule has 1 saturated heterocycles. The molecule has 1 unspecified atom stereocenters. The zero-order chi connectivity index (χ0) is 20.9. The number of rotatable bonds is 6. The molecule has 7 nitrogen and oxygen atoms in total. The maximum absolute atomic E-state index is 12.3. The molecule has 0 aliphatic carbocycles. The number of aliphatic imine (C=N–C) groups is 1. The third-order valence-electron chi connectivity index (χ3n) is 5.13. The maximum Gasteiger partial charge on any atom is 0.193 e. The van der Waals surface area contributed by atoms with E-state index in [1.807, 2.05) is 18.2 Å². The molecule has 1 aromatic rings. The Kier molecular flexibility index (Phi) is 7.20. The molecule has 28 heavy (non-hydrogen) atoms. The van der Waals surface area contributed by atoms with Gasteiger partial charge in [-0.3, -0.25) is 4.99 Å². The van der Waals surface area contributed by atoms with Crippen molar-refractivity contribution in [2.75, 3.05) is 46.7 Å². The van der Waals surface area contributed by atoms with Gasteiger partial charge in [0, 0.05) is 38.7 Å². The smallest absolute Gasteiger partial charge is 0.193 e. The summed E-state index contributed by atoms with van der Waals surface area (Å²) in [6.45, 7) is 7.19. The van der Waals surface area contributed by atoms with E-state index in [1.54, 1.807) is 42.0 Å². The van der Waals surface area contributed by atoms with Crippen LogP contribution >= 0.6 is 0 Å². The summed E-state index contributed by atoms with van der Waals surface area (Å²) in [5.41, 5.74) is 1.17. The zero-order valence-electron chi connectivity index (χ0n) is 17.8. The van der Waals surface area contributed by atoms with E-state index in [1.165, 1.54) is 5.56 Å². The van der Waals surface area contributed by atoms with Crippen LogP contribution in [0.25, 0.3) is 0 Å². The minimum atomic E-state index is -3.16. The molecule has 1 aliphatic rings. The average Bonchev–Trinajstić information content (AvgIpc) is 3.13. The van der Waals surface area contributed by atoms with Crippen molar-refractivity contribution < 1.29 is 17.9 Å². The molecule has 2 rings (SSSR count). The molecule has 158 valence electrons. The van der Waals surface area contributed by atoms with Crippen molar-refractivity contribution in [3.8, 4) is 11.5 Å². The van der Waals surface area contributed by atoms with Crippen LogP contribution in [0, 0.1) is 0 Å². The van der Waals surface area contributed by atoms with E-state index in [0.717, 1.165) is 37.0 Å². The quantitative estimate of drug-likeness (QED) is 0.571. The topological polar surface area (TPSA) is 80.2 Å². The van der Waals surface area contributed by atoms with Gasteiger partial charge in [-0.05, 0) is 44.9 Å². The van der Waals surface area contributed by atoms with Gasteiger partial charge < -0.3 is 19.7 Å². The van der Waals surface area contributed by atoms with E-state index in [4.69, 9.17) is 9.47 Å². The predicted molar refractivity (Wildman–Crippen MR) is 113 cm³/mol. The number of sulfone groups is 1. The Morgan fingerprint density at radius 3 is 2.32 bits per heavy atom. The Labute approximate surface area is 169 Å². The van der Waals surface area contributed by atoms with Crippen molar-refractivity contribution in [3.63, 3.8) is 0 Å². The van der Waals surface area contributed by atoms with Crippen molar-refractivity contribution >= 4 is 15.8 Å². The van der Waals surface area contributed by atoms with Crippen molar-refractivity contribution in [1.29, 1.82) is 0 Å². The van der Waals surface area contributed by atoms with Crippen LogP contribution in [-0.4, -0.2) is 70.7 Å². The summed E-state index contributed by atoms with van der Waals surface area (Å²) in [5, 5.41) is 3.20. The van der Waals surface area contributed by atoms with E-state index in [0.29, 0.717) is 12.5 Å². The fourth-order valence-corrected chi connectivity index (χ4v) is 4.21. The monoisotopic (exact) mass is 411 g/mol. The number of likely N-dealkylation sites (tertiary alicyclic amines) is 1. The number of benzene rings is 1. The summed E-state index contributed by atoms with van der Waals surface area (Å²) in [6.07, 6.45) is 0.983. The largest absolute Gasteiger partial charge is 0.497 e. The van der Waals surface area contributed by atoms with Crippen molar-refractivity contribution in [2.24, 2.45) is 4.99 Å².